The SMILES string of the molecule is CC1OCCC1C(N)C1CCCCC1. The van der Waals surface area contributed by atoms with Crippen molar-refractivity contribution < 1.29 is 4.74 Å². The van der Waals surface area contributed by atoms with E-state index >= 15 is 0 Å². The zero-order chi connectivity index (χ0) is 9.97. The first-order valence-electron chi connectivity index (χ1n) is 6.16. The predicted molar refractivity (Wildman–Crippen MR) is 58.1 cm³/mol. The summed E-state index contributed by atoms with van der Waals surface area (Å²) in [6.07, 6.45) is 8.47. The normalized spacial score (nSPS) is 37.3. The quantitative estimate of drug-likeness (QED) is 0.737. The van der Waals surface area contributed by atoms with Crippen molar-refractivity contribution in [1.29, 1.82) is 0 Å². The highest BCUT2D eigenvalue weighted by molar-refractivity contribution is 4.87. The third-order valence-corrected chi connectivity index (χ3v) is 4.12. The van der Waals surface area contributed by atoms with Crippen LogP contribution in [-0.4, -0.2) is 18.8 Å². The topological polar surface area (TPSA) is 35.2 Å². The standard InChI is InChI=1S/C12H23NO/c1-9-11(7-8-14-9)12(13)10-5-3-2-4-6-10/h9-12H,2-8,13H2,1H3. The molecular formula is C12H23NO. The van der Waals surface area contributed by atoms with Crippen molar-refractivity contribution in [3.63, 3.8) is 0 Å². The number of rotatable bonds is 2. The van der Waals surface area contributed by atoms with Gasteiger partial charge >= 0.3 is 0 Å². The highest BCUT2D eigenvalue weighted by Gasteiger charge is 2.34. The second-order valence-electron chi connectivity index (χ2n) is 5.00. The molecule has 2 nitrogen and oxygen atoms in total. The molecule has 0 bridgehead atoms. The average molecular weight is 197 g/mol. The van der Waals surface area contributed by atoms with Gasteiger partial charge in [0.05, 0.1) is 6.10 Å². The Morgan fingerprint density at radius 2 is 1.86 bits per heavy atom. The number of ether oxygens (including phenoxy) is 1. The molecule has 2 heteroatoms. The van der Waals surface area contributed by atoms with Crippen LogP contribution in [0.4, 0.5) is 0 Å². The van der Waals surface area contributed by atoms with Crippen molar-refractivity contribution in [2.24, 2.45) is 17.6 Å². The van der Waals surface area contributed by atoms with Crippen LogP contribution >= 0.6 is 0 Å². The zero-order valence-electron chi connectivity index (χ0n) is 9.24. The van der Waals surface area contributed by atoms with Gasteiger partial charge in [0.1, 0.15) is 0 Å². The van der Waals surface area contributed by atoms with E-state index in [9.17, 15) is 0 Å². The van der Waals surface area contributed by atoms with E-state index in [0.717, 1.165) is 12.5 Å². The number of hydrogen-bond acceptors (Lipinski definition) is 2. The lowest BCUT2D eigenvalue weighted by atomic mass is 9.77. The molecule has 1 aliphatic carbocycles. The van der Waals surface area contributed by atoms with E-state index in [1.54, 1.807) is 0 Å². The van der Waals surface area contributed by atoms with E-state index in [1.807, 2.05) is 0 Å². The molecule has 0 radical (unpaired) electrons. The predicted octanol–water partition coefficient (Wildman–Crippen LogP) is 2.32. The third-order valence-electron chi connectivity index (χ3n) is 4.12. The largest absolute Gasteiger partial charge is 0.378 e. The summed E-state index contributed by atoms with van der Waals surface area (Å²) in [5, 5.41) is 0. The van der Waals surface area contributed by atoms with Crippen molar-refractivity contribution in [1.82, 2.24) is 0 Å². The molecule has 3 atom stereocenters. The summed E-state index contributed by atoms with van der Waals surface area (Å²) < 4.78 is 5.60. The van der Waals surface area contributed by atoms with Gasteiger partial charge in [0, 0.05) is 18.6 Å². The lowest BCUT2D eigenvalue weighted by molar-refractivity contribution is 0.0890. The van der Waals surface area contributed by atoms with Crippen LogP contribution in [0.1, 0.15) is 45.4 Å². The summed E-state index contributed by atoms with van der Waals surface area (Å²) in [6, 6.07) is 0.396. The first-order chi connectivity index (χ1) is 6.79. The molecular weight excluding hydrogens is 174 g/mol. The molecule has 82 valence electrons. The Bertz CT molecular complexity index is 177. The molecule has 1 saturated heterocycles. The smallest absolute Gasteiger partial charge is 0.0590 e. The Hall–Kier alpha value is -0.0800. The van der Waals surface area contributed by atoms with Crippen LogP contribution in [-0.2, 0) is 4.74 Å². The van der Waals surface area contributed by atoms with Gasteiger partial charge in [-0.15, -0.1) is 0 Å². The van der Waals surface area contributed by atoms with Crippen molar-refractivity contribution in [3.05, 3.63) is 0 Å². The van der Waals surface area contributed by atoms with Crippen molar-refractivity contribution in [2.45, 2.75) is 57.6 Å². The maximum atomic E-state index is 6.36. The molecule has 3 unspecified atom stereocenters. The molecule has 2 rings (SSSR count). The Labute approximate surface area is 87.2 Å². The van der Waals surface area contributed by atoms with E-state index in [1.165, 1.54) is 38.5 Å². The summed E-state index contributed by atoms with van der Waals surface area (Å²) in [6.45, 7) is 3.10. The molecule has 0 aromatic carbocycles. The monoisotopic (exact) mass is 197 g/mol. The zero-order valence-corrected chi connectivity index (χ0v) is 9.24. The molecule has 0 aromatic heterocycles. The van der Waals surface area contributed by atoms with Crippen LogP contribution in [0.3, 0.4) is 0 Å². The fourth-order valence-corrected chi connectivity index (χ4v) is 3.12. The van der Waals surface area contributed by atoms with Crippen LogP contribution in [0, 0.1) is 11.8 Å². The third kappa shape index (κ3) is 2.12. The van der Waals surface area contributed by atoms with Gasteiger partial charge in [0.25, 0.3) is 0 Å². The molecule has 2 N–H and O–H groups in total. The molecule has 1 aliphatic heterocycles. The minimum Gasteiger partial charge on any atom is -0.378 e. The van der Waals surface area contributed by atoms with Gasteiger partial charge in [-0.05, 0) is 32.1 Å². The van der Waals surface area contributed by atoms with Gasteiger partial charge < -0.3 is 10.5 Å². The average Bonchev–Trinajstić information content (AvgIpc) is 2.65. The van der Waals surface area contributed by atoms with Gasteiger partial charge in [-0.3, -0.25) is 0 Å². The molecule has 0 spiro atoms. The Morgan fingerprint density at radius 1 is 1.14 bits per heavy atom. The summed E-state index contributed by atoms with van der Waals surface area (Å²) in [4.78, 5) is 0. The van der Waals surface area contributed by atoms with Crippen molar-refractivity contribution in [3.8, 4) is 0 Å². The van der Waals surface area contributed by atoms with E-state index in [4.69, 9.17) is 10.5 Å². The first kappa shape index (κ1) is 10.4. The lowest BCUT2D eigenvalue weighted by Crippen LogP contribution is -2.41. The summed E-state index contributed by atoms with van der Waals surface area (Å²) in [7, 11) is 0. The van der Waals surface area contributed by atoms with Gasteiger partial charge in [0.15, 0.2) is 0 Å². The minimum atomic E-state index is 0.395. The van der Waals surface area contributed by atoms with E-state index in [2.05, 4.69) is 6.92 Å². The Balaban J connectivity index is 1.89. The van der Waals surface area contributed by atoms with Crippen LogP contribution in [0.2, 0.25) is 0 Å². The molecule has 0 amide bonds. The minimum absolute atomic E-state index is 0.395. The van der Waals surface area contributed by atoms with Crippen molar-refractivity contribution >= 4 is 0 Å². The van der Waals surface area contributed by atoms with Gasteiger partial charge in [-0.25, -0.2) is 0 Å². The Morgan fingerprint density at radius 3 is 2.43 bits per heavy atom. The number of hydrogen-bond donors (Lipinski definition) is 1. The fourth-order valence-electron chi connectivity index (χ4n) is 3.12. The van der Waals surface area contributed by atoms with Gasteiger partial charge in [0.2, 0.25) is 0 Å². The summed E-state index contributed by atoms with van der Waals surface area (Å²) in [5.74, 6) is 1.40. The maximum absolute atomic E-state index is 6.36. The van der Waals surface area contributed by atoms with Crippen LogP contribution < -0.4 is 5.73 Å². The van der Waals surface area contributed by atoms with E-state index in [-0.39, 0.29) is 0 Å². The molecule has 2 fully saturated rings. The van der Waals surface area contributed by atoms with E-state index in [0.29, 0.717) is 18.1 Å². The second-order valence-corrected chi connectivity index (χ2v) is 5.00. The molecule has 2 aliphatic rings. The van der Waals surface area contributed by atoms with Crippen molar-refractivity contribution in [2.75, 3.05) is 6.61 Å². The Kier molecular flexibility index (Phi) is 3.45. The highest BCUT2D eigenvalue weighted by Crippen LogP contribution is 2.33. The fraction of sp³-hybridized carbons (Fsp3) is 1.00. The summed E-state index contributed by atoms with van der Waals surface area (Å²) >= 11 is 0. The number of nitrogens with two attached hydrogens (primary N) is 1. The first-order valence-corrected chi connectivity index (χ1v) is 6.16. The van der Waals surface area contributed by atoms with Crippen LogP contribution in [0.15, 0.2) is 0 Å². The maximum Gasteiger partial charge on any atom is 0.0590 e. The molecule has 1 heterocycles. The lowest BCUT2D eigenvalue weighted by Gasteiger charge is -2.32. The molecule has 14 heavy (non-hydrogen) atoms. The summed E-state index contributed by atoms with van der Waals surface area (Å²) in [5.41, 5.74) is 6.36. The molecule has 1 saturated carbocycles. The molecule has 0 aromatic rings. The van der Waals surface area contributed by atoms with Crippen LogP contribution in [0.5, 0.6) is 0 Å². The van der Waals surface area contributed by atoms with Gasteiger partial charge in [-0.1, -0.05) is 19.3 Å². The van der Waals surface area contributed by atoms with Crippen LogP contribution in [0.25, 0.3) is 0 Å². The van der Waals surface area contributed by atoms with Gasteiger partial charge in [-0.2, -0.15) is 0 Å². The van der Waals surface area contributed by atoms with E-state index < -0.39 is 0 Å². The highest BCUT2D eigenvalue weighted by atomic mass is 16.5. The second kappa shape index (κ2) is 4.63.